The third kappa shape index (κ3) is 3.67. The molecule has 3 N–H and O–H groups in total. The van der Waals surface area contributed by atoms with Crippen LogP contribution in [-0.2, 0) is 0 Å². The summed E-state index contributed by atoms with van der Waals surface area (Å²) in [6, 6.07) is 3.82. The molecule has 0 bridgehead atoms. The second kappa shape index (κ2) is 6.02. The van der Waals surface area contributed by atoms with Crippen LogP contribution in [-0.4, -0.2) is 48.4 Å². The van der Waals surface area contributed by atoms with Gasteiger partial charge in [0.25, 0.3) is 0 Å². The second-order valence-corrected chi connectivity index (χ2v) is 5.50. The van der Waals surface area contributed by atoms with E-state index in [4.69, 9.17) is 11.1 Å². The Labute approximate surface area is 114 Å². The van der Waals surface area contributed by atoms with Gasteiger partial charge >= 0.3 is 0 Å². The fourth-order valence-corrected chi connectivity index (χ4v) is 2.41. The van der Waals surface area contributed by atoms with E-state index >= 15 is 0 Å². The van der Waals surface area contributed by atoms with Gasteiger partial charge in [0, 0.05) is 44.5 Å². The van der Waals surface area contributed by atoms with Gasteiger partial charge in [-0.15, -0.1) is 0 Å². The molecule has 1 saturated heterocycles. The van der Waals surface area contributed by atoms with Crippen molar-refractivity contribution in [1.29, 1.82) is 5.41 Å². The number of nitrogens with one attached hydrogen (secondary N) is 1. The molecule has 1 aromatic rings. The van der Waals surface area contributed by atoms with Crippen LogP contribution in [0.4, 0.5) is 5.82 Å². The van der Waals surface area contributed by atoms with Gasteiger partial charge < -0.3 is 10.6 Å². The first-order valence-corrected chi connectivity index (χ1v) is 6.84. The van der Waals surface area contributed by atoms with Crippen LogP contribution in [0.1, 0.15) is 19.4 Å². The monoisotopic (exact) mass is 261 g/mol. The molecule has 1 aliphatic heterocycles. The van der Waals surface area contributed by atoms with Crippen LogP contribution >= 0.6 is 0 Å². The van der Waals surface area contributed by atoms with E-state index < -0.39 is 0 Å². The van der Waals surface area contributed by atoms with Crippen molar-refractivity contribution >= 4 is 11.7 Å². The lowest BCUT2D eigenvalue weighted by molar-refractivity contribution is 0.231. The first-order chi connectivity index (χ1) is 9.06. The van der Waals surface area contributed by atoms with Crippen LogP contribution in [0.3, 0.4) is 0 Å². The highest BCUT2D eigenvalue weighted by molar-refractivity contribution is 5.94. The number of pyridine rings is 1. The van der Waals surface area contributed by atoms with E-state index in [1.165, 1.54) is 6.54 Å². The van der Waals surface area contributed by atoms with Crippen LogP contribution in [0.5, 0.6) is 0 Å². The van der Waals surface area contributed by atoms with E-state index in [1.54, 1.807) is 6.20 Å². The summed E-state index contributed by atoms with van der Waals surface area (Å²) in [6.07, 6.45) is 1.68. The number of nitrogens with zero attached hydrogens (tertiary/aromatic N) is 3. The Bertz CT molecular complexity index is 418. The highest BCUT2D eigenvalue weighted by atomic mass is 15.3. The number of amidine groups is 1. The molecule has 104 valence electrons. The quantitative estimate of drug-likeness (QED) is 0.630. The van der Waals surface area contributed by atoms with Gasteiger partial charge in [-0.25, -0.2) is 4.98 Å². The number of aromatic nitrogens is 1. The summed E-state index contributed by atoms with van der Waals surface area (Å²) < 4.78 is 0. The molecule has 2 heterocycles. The molecule has 0 amide bonds. The number of rotatable bonds is 4. The summed E-state index contributed by atoms with van der Waals surface area (Å²) in [5.41, 5.74) is 6.11. The smallest absolute Gasteiger partial charge is 0.128 e. The van der Waals surface area contributed by atoms with Crippen molar-refractivity contribution < 1.29 is 0 Å². The van der Waals surface area contributed by atoms with Crippen molar-refractivity contribution in [2.75, 3.05) is 37.6 Å². The van der Waals surface area contributed by atoms with Gasteiger partial charge in [-0.2, -0.15) is 0 Å². The van der Waals surface area contributed by atoms with Crippen molar-refractivity contribution in [3.63, 3.8) is 0 Å². The Hall–Kier alpha value is -1.62. The van der Waals surface area contributed by atoms with Crippen LogP contribution in [0.2, 0.25) is 0 Å². The summed E-state index contributed by atoms with van der Waals surface area (Å²) >= 11 is 0. The normalized spacial score (nSPS) is 16.9. The number of nitrogen functional groups attached to an aromatic ring is 1. The molecule has 0 spiro atoms. The number of hydrogen-bond acceptors (Lipinski definition) is 4. The summed E-state index contributed by atoms with van der Waals surface area (Å²) in [5, 5.41) is 7.36. The summed E-state index contributed by atoms with van der Waals surface area (Å²) in [5.74, 6) is 1.77. The van der Waals surface area contributed by atoms with Crippen LogP contribution in [0, 0.1) is 11.3 Å². The molecule has 0 radical (unpaired) electrons. The van der Waals surface area contributed by atoms with Crippen molar-refractivity contribution in [1.82, 2.24) is 9.88 Å². The Kier molecular flexibility index (Phi) is 4.37. The molecule has 1 aliphatic rings. The predicted octanol–water partition coefficient (Wildman–Crippen LogP) is 1.14. The molecular weight excluding hydrogens is 238 g/mol. The topological polar surface area (TPSA) is 69.2 Å². The van der Waals surface area contributed by atoms with E-state index in [-0.39, 0.29) is 5.84 Å². The minimum Gasteiger partial charge on any atom is -0.384 e. The second-order valence-electron chi connectivity index (χ2n) is 5.50. The molecule has 0 atom stereocenters. The van der Waals surface area contributed by atoms with Crippen molar-refractivity contribution in [2.24, 2.45) is 11.7 Å². The van der Waals surface area contributed by atoms with Crippen LogP contribution < -0.4 is 10.6 Å². The standard InChI is InChI=1S/C14H23N5/c1-11(2)10-18-5-7-19(8-6-18)13-4-3-12(9-17-13)14(15)16/h3-4,9,11H,5-8,10H2,1-2H3,(H3,15,16). The van der Waals surface area contributed by atoms with E-state index in [0.29, 0.717) is 5.56 Å². The number of piperazine rings is 1. The maximum absolute atomic E-state index is 7.36. The average molecular weight is 261 g/mol. The van der Waals surface area contributed by atoms with E-state index in [9.17, 15) is 0 Å². The van der Waals surface area contributed by atoms with Crippen molar-refractivity contribution in [3.8, 4) is 0 Å². The lowest BCUT2D eigenvalue weighted by Crippen LogP contribution is -2.47. The molecule has 2 rings (SSSR count). The van der Waals surface area contributed by atoms with Gasteiger partial charge in [0.1, 0.15) is 11.7 Å². The molecule has 0 aromatic carbocycles. The van der Waals surface area contributed by atoms with Crippen molar-refractivity contribution in [3.05, 3.63) is 23.9 Å². The largest absolute Gasteiger partial charge is 0.384 e. The van der Waals surface area contributed by atoms with Gasteiger partial charge in [-0.1, -0.05) is 13.8 Å². The molecule has 0 aliphatic carbocycles. The van der Waals surface area contributed by atoms with Gasteiger partial charge in [-0.05, 0) is 18.1 Å². The highest BCUT2D eigenvalue weighted by Crippen LogP contribution is 2.14. The summed E-state index contributed by atoms with van der Waals surface area (Å²) in [4.78, 5) is 9.19. The predicted molar refractivity (Wildman–Crippen MR) is 78.7 cm³/mol. The van der Waals surface area contributed by atoms with Crippen LogP contribution in [0.15, 0.2) is 18.3 Å². The molecule has 5 heteroatoms. The maximum Gasteiger partial charge on any atom is 0.128 e. The maximum atomic E-state index is 7.36. The lowest BCUT2D eigenvalue weighted by Gasteiger charge is -2.36. The third-order valence-electron chi connectivity index (χ3n) is 3.38. The summed E-state index contributed by atoms with van der Waals surface area (Å²) in [7, 11) is 0. The minimum absolute atomic E-state index is 0.0702. The Balaban J connectivity index is 1.92. The average Bonchev–Trinajstić information content (AvgIpc) is 2.39. The lowest BCUT2D eigenvalue weighted by atomic mass is 10.2. The van der Waals surface area contributed by atoms with Crippen LogP contribution in [0.25, 0.3) is 0 Å². The number of nitrogens with two attached hydrogens (primary N) is 1. The van der Waals surface area contributed by atoms with E-state index in [1.807, 2.05) is 12.1 Å². The van der Waals surface area contributed by atoms with E-state index in [0.717, 1.165) is 37.9 Å². The first kappa shape index (κ1) is 13.8. The Morgan fingerprint density at radius 2 is 2.00 bits per heavy atom. The molecule has 19 heavy (non-hydrogen) atoms. The third-order valence-corrected chi connectivity index (χ3v) is 3.38. The first-order valence-electron chi connectivity index (χ1n) is 6.84. The molecule has 1 aromatic heterocycles. The minimum atomic E-state index is 0.0702. The Morgan fingerprint density at radius 3 is 2.47 bits per heavy atom. The fraction of sp³-hybridized carbons (Fsp3) is 0.571. The molecule has 1 fully saturated rings. The zero-order chi connectivity index (χ0) is 13.8. The zero-order valence-corrected chi connectivity index (χ0v) is 11.8. The van der Waals surface area contributed by atoms with Gasteiger partial charge in [-0.3, -0.25) is 10.3 Å². The van der Waals surface area contributed by atoms with E-state index in [2.05, 4.69) is 28.6 Å². The molecule has 0 saturated carbocycles. The zero-order valence-electron chi connectivity index (χ0n) is 11.8. The highest BCUT2D eigenvalue weighted by Gasteiger charge is 2.18. The number of hydrogen-bond donors (Lipinski definition) is 2. The molecular formula is C14H23N5. The molecule has 5 nitrogen and oxygen atoms in total. The van der Waals surface area contributed by atoms with Gasteiger partial charge in [0.15, 0.2) is 0 Å². The summed E-state index contributed by atoms with van der Waals surface area (Å²) in [6.45, 7) is 9.90. The number of anilines is 1. The van der Waals surface area contributed by atoms with Gasteiger partial charge in [0.2, 0.25) is 0 Å². The SMILES string of the molecule is CC(C)CN1CCN(c2ccc(C(=N)N)cn2)CC1. The Morgan fingerprint density at radius 1 is 1.32 bits per heavy atom. The fourth-order valence-electron chi connectivity index (χ4n) is 2.41. The van der Waals surface area contributed by atoms with Crippen molar-refractivity contribution in [2.45, 2.75) is 13.8 Å². The van der Waals surface area contributed by atoms with Gasteiger partial charge in [0.05, 0.1) is 0 Å². The molecule has 0 unspecified atom stereocenters.